The molecule has 2 unspecified atom stereocenters. The molecular formula is C21H34ClNO2. The molecule has 1 aliphatic carbocycles. The fraction of sp³-hybridized carbons (Fsp3) is 0.714. The zero-order chi connectivity index (χ0) is 16.8. The zero-order valence-corrected chi connectivity index (χ0v) is 16.1. The van der Waals surface area contributed by atoms with Gasteiger partial charge in [0, 0.05) is 18.5 Å². The third kappa shape index (κ3) is 5.60. The maximum absolute atomic E-state index is 10.7. The van der Waals surface area contributed by atoms with Crippen LogP contribution in [-0.2, 0) is 0 Å². The van der Waals surface area contributed by atoms with E-state index in [1.54, 1.807) is 6.07 Å². The Labute approximate surface area is 158 Å². The third-order valence-electron chi connectivity index (χ3n) is 6.04. The van der Waals surface area contributed by atoms with Crippen LogP contribution < -0.4 is 0 Å². The van der Waals surface area contributed by atoms with Gasteiger partial charge in [-0.05, 0) is 37.4 Å². The van der Waals surface area contributed by atoms with Gasteiger partial charge in [0.1, 0.15) is 5.75 Å². The number of phenols is 1. The van der Waals surface area contributed by atoms with E-state index in [9.17, 15) is 10.2 Å². The topological polar surface area (TPSA) is 43.7 Å². The normalized spacial score (nSPS) is 27.4. The van der Waals surface area contributed by atoms with Crippen LogP contribution in [0, 0.1) is 0 Å². The molecule has 3 rings (SSSR count). The number of aliphatic hydroxyl groups is 1. The molecular weight excluding hydrogens is 334 g/mol. The van der Waals surface area contributed by atoms with Gasteiger partial charge in [-0.2, -0.15) is 0 Å². The summed E-state index contributed by atoms with van der Waals surface area (Å²) in [7, 11) is 0. The Morgan fingerprint density at radius 1 is 0.840 bits per heavy atom. The summed E-state index contributed by atoms with van der Waals surface area (Å²) in [5.41, 5.74) is 0.913. The minimum absolute atomic E-state index is 0. The summed E-state index contributed by atoms with van der Waals surface area (Å²) in [5.74, 6) is 0.399. The molecule has 1 aromatic rings. The van der Waals surface area contributed by atoms with Gasteiger partial charge >= 0.3 is 0 Å². The molecule has 1 saturated heterocycles. The molecule has 0 radical (unpaired) electrons. The number of benzene rings is 1. The van der Waals surface area contributed by atoms with Crippen molar-refractivity contribution in [2.24, 2.45) is 0 Å². The number of rotatable bonds is 2. The highest BCUT2D eigenvalue weighted by Crippen LogP contribution is 2.35. The number of para-hydroxylation sites is 1. The molecule has 25 heavy (non-hydrogen) atoms. The maximum Gasteiger partial charge on any atom is 0.119 e. The quantitative estimate of drug-likeness (QED) is 0.784. The first-order valence-electron chi connectivity index (χ1n) is 9.95. The number of aromatic hydroxyl groups is 1. The van der Waals surface area contributed by atoms with E-state index in [1.807, 2.05) is 18.2 Å². The summed E-state index contributed by atoms with van der Waals surface area (Å²) in [4.78, 5) is 2.53. The predicted octanol–water partition coefficient (Wildman–Crippen LogP) is 4.86. The van der Waals surface area contributed by atoms with Gasteiger partial charge in [0.05, 0.1) is 6.10 Å². The van der Waals surface area contributed by atoms with Crippen molar-refractivity contribution in [3.05, 3.63) is 29.8 Å². The molecule has 0 spiro atoms. The summed E-state index contributed by atoms with van der Waals surface area (Å²) in [5, 5.41) is 20.8. The standard InChI is InChI=1S/C21H33NO2.ClH/c23-20-13-9-8-12-18(20)19-14-15-22(16-21(19)24)17-10-6-4-2-1-3-5-7-11-17;/h8-9,12-13,17,19,21,23-24H,1-7,10-11,14-16H2;1H. The van der Waals surface area contributed by atoms with Gasteiger partial charge in [0.25, 0.3) is 0 Å². The molecule has 2 fully saturated rings. The minimum Gasteiger partial charge on any atom is -0.508 e. The number of β-amino-alcohol motifs (C(OH)–C–C–N with tert-alkyl or cyclic N) is 1. The third-order valence-corrected chi connectivity index (χ3v) is 6.04. The van der Waals surface area contributed by atoms with E-state index >= 15 is 0 Å². The first kappa shape index (κ1) is 20.5. The molecule has 0 aromatic heterocycles. The molecule has 4 heteroatoms. The Kier molecular flexibility index (Phi) is 8.54. The zero-order valence-electron chi connectivity index (χ0n) is 15.3. The molecule has 1 aliphatic heterocycles. The molecule has 1 heterocycles. The number of nitrogens with zero attached hydrogens (tertiary/aromatic N) is 1. The van der Waals surface area contributed by atoms with Crippen molar-refractivity contribution in [3.8, 4) is 5.75 Å². The highest BCUT2D eigenvalue weighted by Gasteiger charge is 2.33. The number of likely N-dealkylation sites (tertiary alicyclic amines) is 1. The van der Waals surface area contributed by atoms with E-state index in [0.29, 0.717) is 11.8 Å². The van der Waals surface area contributed by atoms with Crippen LogP contribution in [0.5, 0.6) is 5.75 Å². The van der Waals surface area contributed by atoms with Gasteiger partial charge in [-0.15, -0.1) is 12.4 Å². The lowest BCUT2D eigenvalue weighted by molar-refractivity contribution is 0.0235. The molecule has 0 bridgehead atoms. The summed E-state index contributed by atoms with van der Waals surface area (Å²) in [6.07, 6.45) is 12.7. The Balaban J connectivity index is 0.00000225. The second kappa shape index (κ2) is 10.4. The van der Waals surface area contributed by atoms with E-state index in [1.165, 1.54) is 57.8 Å². The van der Waals surface area contributed by atoms with E-state index in [0.717, 1.165) is 25.1 Å². The Bertz CT molecular complexity index is 500. The summed E-state index contributed by atoms with van der Waals surface area (Å²) in [6.45, 7) is 1.80. The fourth-order valence-corrected chi connectivity index (χ4v) is 4.60. The van der Waals surface area contributed by atoms with E-state index in [4.69, 9.17) is 0 Å². The Hall–Kier alpha value is -0.770. The molecule has 1 aromatic carbocycles. The van der Waals surface area contributed by atoms with Crippen molar-refractivity contribution >= 4 is 12.4 Å². The van der Waals surface area contributed by atoms with Crippen molar-refractivity contribution in [1.82, 2.24) is 4.90 Å². The number of hydrogen-bond donors (Lipinski definition) is 2. The summed E-state index contributed by atoms with van der Waals surface area (Å²) in [6, 6.07) is 8.14. The molecule has 2 aliphatic rings. The Morgan fingerprint density at radius 2 is 1.44 bits per heavy atom. The number of hydrogen-bond acceptors (Lipinski definition) is 3. The van der Waals surface area contributed by atoms with Crippen LogP contribution >= 0.6 is 12.4 Å². The molecule has 2 atom stereocenters. The van der Waals surface area contributed by atoms with Crippen LogP contribution in [0.3, 0.4) is 0 Å². The highest BCUT2D eigenvalue weighted by molar-refractivity contribution is 5.85. The second-order valence-electron chi connectivity index (χ2n) is 7.72. The van der Waals surface area contributed by atoms with Crippen LogP contribution in [0.15, 0.2) is 24.3 Å². The van der Waals surface area contributed by atoms with Crippen molar-refractivity contribution in [2.75, 3.05) is 13.1 Å². The van der Waals surface area contributed by atoms with Crippen molar-refractivity contribution in [1.29, 1.82) is 0 Å². The van der Waals surface area contributed by atoms with Gasteiger partial charge < -0.3 is 10.2 Å². The molecule has 1 saturated carbocycles. The van der Waals surface area contributed by atoms with Crippen molar-refractivity contribution in [3.63, 3.8) is 0 Å². The maximum atomic E-state index is 10.7. The molecule has 3 nitrogen and oxygen atoms in total. The second-order valence-corrected chi connectivity index (χ2v) is 7.72. The van der Waals surface area contributed by atoms with E-state index in [2.05, 4.69) is 4.90 Å². The monoisotopic (exact) mass is 367 g/mol. The molecule has 2 N–H and O–H groups in total. The smallest absolute Gasteiger partial charge is 0.119 e. The number of aliphatic hydroxyl groups excluding tert-OH is 1. The van der Waals surface area contributed by atoms with Gasteiger partial charge in [0.2, 0.25) is 0 Å². The SMILES string of the molecule is Cl.Oc1ccccc1C1CCN(C2CCCCCCCCC2)CC1O. The van der Waals surface area contributed by atoms with Crippen LogP contribution in [0.2, 0.25) is 0 Å². The van der Waals surface area contributed by atoms with Crippen LogP contribution in [0.1, 0.15) is 75.7 Å². The number of phenolic OH excluding ortho intramolecular Hbond substituents is 1. The average Bonchev–Trinajstić information content (AvgIpc) is 2.60. The van der Waals surface area contributed by atoms with Crippen LogP contribution in [0.25, 0.3) is 0 Å². The van der Waals surface area contributed by atoms with E-state index in [-0.39, 0.29) is 24.4 Å². The van der Waals surface area contributed by atoms with Crippen molar-refractivity contribution in [2.45, 2.75) is 82.3 Å². The number of halogens is 1. The van der Waals surface area contributed by atoms with Crippen LogP contribution in [0.4, 0.5) is 0 Å². The number of piperidine rings is 1. The lowest BCUT2D eigenvalue weighted by Gasteiger charge is -2.41. The van der Waals surface area contributed by atoms with E-state index < -0.39 is 0 Å². The highest BCUT2D eigenvalue weighted by atomic mass is 35.5. The van der Waals surface area contributed by atoms with Gasteiger partial charge in [-0.25, -0.2) is 0 Å². The minimum atomic E-state index is -0.373. The lowest BCUT2D eigenvalue weighted by Crippen LogP contribution is -2.47. The molecule has 0 amide bonds. The van der Waals surface area contributed by atoms with Gasteiger partial charge in [0.15, 0.2) is 0 Å². The fourth-order valence-electron chi connectivity index (χ4n) is 4.60. The van der Waals surface area contributed by atoms with Gasteiger partial charge in [-0.3, -0.25) is 4.90 Å². The largest absolute Gasteiger partial charge is 0.508 e. The summed E-state index contributed by atoms with van der Waals surface area (Å²) >= 11 is 0. The summed E-state index contributed by atoms with van der Waals surface area (Å²) < 4.78 is 0. The average molecular weight is 368 g/mol. The Morgan fingerprint density at radius 3 is 2.04 bits per heavy atom. The van der Waals surface area contributed by atoms with Crippen molar-refractivity contribution < 1.29 is 10.2 Å². The first-order chi connectivity index (χ1) is 11.8. The molecule has 142 valence electrons. The van der Waals surface area contributed by atoms with Gasteiger partial charge in [-0.1, -0.05) is 63.1 Å². The predicted molar refractivity (Wildman–Crippen MR) is 106 cm³/mol. The first-order valence-corrected chi connectivity index (χ1v) is 9.95. The van der Waals surface area contributed by atoms with Crippen LogP contribution in [-0.4, -0.2) is 40.3 Å². The lowest BCUT2D eigenvalue weighted by atomic mass is 9.85.